The molecular formula is C25H23N3O5S. The molecule has 0 bridgehead atoms. The second-order valence-corrected chi connectivity index (χ2v) is 8.67. The number of ketones is 1. The van der Waals surface area contributed by atoms with Gasteiger partial charge in [-0.15, -0.1) is 11.3 Å². The fraction of sp³-hybridized carbons (Fsp3) is 0.200. The maximum absolute atomic E-state index is 13.2. The van der Waals surface area contributed by atoms with Gasteiger partial charge < -0.3 is 14.8 Å². The Labute approximate surface area is 199 Å². The van der Waals surface area contributed by atoms with Crippen LogP contribution in [-0.4, -0.2) is 35.5 Å². The van der Waals surface area contributed by atoms with Crippen LogP contribution in [-0.2, 0) is 6.54 Å². The lowest BCUT2D eigenvalue weighted by Gasteiger charge is -2.10. The largest absolute Gasteiger partial charge is 0.497 e. The molecule has 8 nitrogen and oxygen atoms in total. The van der Waals surface area contributed by atoms with Gasteiger partial charge in [-0.05, 0) is 43.2 Å². The van der Waals surface area contributed by atoms with Gasteiger partial charge in [-0.2, -0.15) is 0 Å². The number of ether oxygens (including phenoxy) is 2. The lowest BCUT2D eigenvalue weighted by molar-refractivity contribution is 0.0966. The number of nitrogens with one attached hydrogen (secondary N) is 1. The van der Waals surface area contributed by atoms with E-state index in [-0.39, 0.29) is 23.8 Å². The van der Waals surface area contributed by atoms with Gasteiger partial charge in [-0.1, -0.05) is 18.2 Å². The number of carbonyl (C=O) groups is 2. The van der Waals surface area contributed by atoms with E-state index in [4.69, 9.17) is 9.47 Å². The smallest absolute Gasteiger partial charge is 0.266 e. The quantitative estimate of drug-likeness (QED) is 0.400. The maximum atomic E-state index is 13.2. The van der Waals surface area contributed by atoms with Gasteiger partial charge in [0.2, 0.25) is 0 Å². The average molecular weight is 478 g/mol. The number of nitrogens with zero attached hydrogens (tertiary/aromatic N) is 2. The number of fused-ring (bicyclic) bond motifs is 1. The molecule has 0 saturated carbocycles. The molecule has 4 rings (SSSR count). The number of Topliss-reactive ketones (excluding diaryl/α,β-unsaturated/α-hetero) is 1. The summed E-state index contributed by atoms with van der Waals surface area (Å²) in [5.41, 5.74) is 2.12. The summed E-state index contributed by atoms with van der Waals surface area (Å²) in [4.78, 5) is 44.3. The molecule has 0 aliphatic rings. The number of methoxy groups -OCH3 is 2. The zero-order chi connectivity index (χ0) is 24.4. The zero-order valence-electron chi connectivity index (χ0n) is 19.2. The first-order chi connectivity index (χ1) is 16.3. The van der Waals surface area contributed by atoms with Crippen molar-refractivity contribution in [3.8, 4) is 11.5 Å². The third-order valence-corrected chi connectivity index (χ3v) is 6.74. The van der Waals surface area contributed by atoms with Crippen LogP contribution in [0.3, 0.4) is 0 Å². The molecule has 0 aliphatic heterocycles. The molecule has 34 heavy (non-hydrogen) atoms. The number of para-hydroxylation sites is 1. The van der Waals surface area contributed by atoms with Crippen LogP contribution < -0.4 is 20.3 Å². The van der Waals surface area contributed by atoms with Gasteiger partial charge in [0.15, 0.2) is 5.78 Å². The summed E-state index contributed by atoms with van der Waals surface area (Å²) in [7, 11) is 2.99. The molecule has 0 radical (unpaired) electrons. The van der Waals surface area contributed by atoms with E-state index < -0.39 is 0 Å². The van der Waals surface area contributed by atoms with Crippen LogP contribution in [0.5, 0.6) is 11.5 Å². The Morgan fingerprint density at radius 2 is 1.85 bits per heavy atom. The lowest BCUT2D eigenvalue weighted by Crippen LogP contribution is -2.25. The number of anilines is 1. The topological polar surface area (TPSA) is 99.5 Å². The highest BCUT2D eigenvalue weighted by Gasteiger charge is 2.21. The molecule has 0 aliphatic carbocycles. The standard InChI is InChI=1S/C25H23N3O5S/c1-14-7-5-6-8-18(14)27-23(30)22-15(2)21-24(34-22)26-13-28(25(21)31)12-19(29)17-10-9-16(32-3)11-20(17)33-4/h5-11,13H,12H2,1-4H3,(H,27,30). The molecule has 1 amide bonds. The molecule has 174 valence electrons. The Bertz CT molecular complexity index is 1470. The van der Waals surface area contributed by atoms with E-state index in [0.717, 1.165) is 16.9 Å². The predicted octanol–water partition coefficient (Wildman–Crippen LogP) is 4.23. The number of thiophene rings is 1. The first kappa shape index (κ1) is 23.2. The van der Waals surface area contributed by atoms with Crippen LogP contribution in [0.15, 0.2) is 53.6 Å². The van der Waals surface area contributed by atoms with Crippen molar-refractivity contribution in [1.29, 1.82) is 0 Å². The van der Waals surface area contributed by atoms with Crippen LogP contribution in [0.2, 0.25) is 0 Å². The molecule has 0 spiro atoms. The summed E-state index contributed by atoms with van der Waals surface area (Å²) in [6, 6.07) is 12.3. The summed E-state index contributed by atoms with van der Waals surface area (Å²) < 4.78 is 11.7. The summed E-state index contributed by atoms with van der Waals surface area (Å²) in [5.74, 6) is 0.292. The van der Waals surface area contributed by atoms with E-state index in [1.807, 2.05) is 31.2 Å². The normalized spacial score (nSPS) is 10.8. The van der Waals surface area contributed by atoms with Crippen LogP contribution in [0, 0.1) is 13.8 Å². The van der Waals surface area contributed by atoms with Crippen molar-refractivity contribution in [2.24, 2.45) is 0 Å². The van der Waals surface area contributed by atoms with Crippen molar-refractivity contribution in [2.45, 2.75) is 20.4 Å². The fourth-order valence-corrected chi connectivity index (χ4v) is 4.68. The number of amides is 1. The minimum atomic E-state index is -0.380. The second kappa shape index (κ2) is 9.48. The summed E-state index contributed by atoms with van der Waals surface area (Å²) in [6.45, 7) is 3.40. The van der Waals surface area contributed by atoms with Crippen molar-refractivity contribution < 1.29 is 19.1 Å². The minimum absolute atomic E-state index is 0.218. The molecular weight excluding hydrogens is 454 g/mol. The molecule has 0 fully saturated rings. The van der Waals surface area contributed by atoms with Crippen LogP contribution in [0.1, 0.15) is 31.2 Å². The van der Waals surface area contributed by atoms with Gasteiger partial charge in [0.25, 0.3) is 11.5 Å². The lowest BCUT2D eigenvalue weighted by atomic mass is 10.1. The highest BCUT2D eigenvalue weighted by atomic mass is 32.1. The Morgan fingerprint density at radius 1 is 1.09 bits per heavy atom. The molecule has 4 aromatic rings. The van der Waals surface area contributed by atoms with Crippen molar-refractivity contribution in [3.63, 3.8) is 0 Å². The summed E-state index contributed by atoms with van der Waals surface area (Å²) in [5, 5.41) is 3.23. The van der Waals surface area contributed by atoms with Gasteiger partial charge in [0.1, 0.15) is 16.3 Å². The van der Waals surface area contributed by atoms with E-state index in [1.165, 1.54) is 25.1 Å². The fourth-order valence-electron chi connectivity index (χ4n) is 3.65. The molecule has 2 aromatic carbocycles. The number of hydrogen-bond acceptors (Lipinski definition) is 7. The van der Waals surface area contributed by atoms with Crippen molar-refractivity contribution in [2.75, 3.05) is 19.5 Å². The third kappa shape index (κ3) is 4.29. The molecule has 9 heteroatoms. The van der Waals surface area contributed by atoms with E-state index in [2.05, 4.69) is 10.3 Å². The van der Waals surface area contributed by atoms with Gasteiger partial charge in [0, 0.05) is 11.8 Å². The number of rotatable bonds is 7. The van der Waals surface area contributed by atoms with E-state index in [0.29, 0.717) is 43.4 Å². The first-order valence-corrected chi connectivity index (χ1v) is 11.3. The molecule has 0 atom stereocenters. The molecule has 0 saturated heterocycles. The van der Waals surface area contributed by atoms with Crippen molar-refractivity contribution in [1.82, 2.24) is 9.55 Å². The zero-order valence-corrected chi connectivity index (χ0v) is 20.0. The number of carbonyl (C=O) groups excluding carboxylic acids is 2. The Morgan fingerprint density at radius 3 is 2.56 bits per heavy atom. The van der Waals surface area contributed by atoms with Crippen molar-refractivity contribution >= 4 is 38.9 Å². The Kier molecular flexibility index (Phi) is 6.47. The highest BCUT2D eigenvalue weighted by molar-refractivity contribution is 7.20. The Balaban J connectivity index is 1.65. The van der Waals surface area contributed by atoms with Gasteiger partial charge in [-0.25, -0.2) is 4.98 Å². The van der Waals surface area contributed by atoms with E-state index in [1.54, 1.807) is 25.1 Å². The number of hydrogen-bond donors (Lipinski definition) is 1. The molecule has 1 N–H and O–H groups in total. The van der Waals surface area contributed by atoms with Crippen LogP contribution in [0.25, 0.3) is 10.2 Å². The van der Waals surface area contributed by atoms with Gasteiger partial charge in [0.05, 0.1) is 42.9 Å². The highest BCUT2D eigenvalue weighted by Crippen LogP contribution is 2.29. The maximum Gasteiger partial charge on any atom is 0.266 e. The van der Waals surface area contributed by atoms with Crippen LogP contribution >= 0.6 is 11.3 Å². The number of aryl methyl sites for hydroxylation is 2. The third-order valence-electron chi connectivity index (χ3n) is 5.54. The predicted molar refractivity (Wildman–Crippen MR) is 132 cm³/mol. The molecule has 0 unspecified atom stereocenters. The molecule has 2 heterocycles. The molecule has 2 aromatic heterocycles. The monoisotopic (exact) mass is 477 g/mol. The van der Waals surface area contributed by atoms with Gasteiger partial charge >= 0.3 is 0 Å². The van der Waals surface area contributed by atoms with Gasteiger partial charge in [-0.3, -0.25) is 19.0 Å². The summed E-state index contributed by atoms with van der Waals surface area (Å²) >= 11 is 1.15. The van der Waals surface area contributed by atoms with E-state index in [9.17, 15) is 14.4 Å². The average Bonchev–Trinajstić information content (AvgIpc) is 3.18. The number of aromatic nitrogens is 2. The first-order valence-electron chi connectivity index (χ1n) is 10.4. The minimum Gasteiger partial charge on any atom is -0.497 e. The number of benzene rings is 2. The second-order valence-electron chi connectivity index (χ2n) is 7.67. The van der Waals surface area contributed by atoms with Crippen molar-refractivity contribution in [3.05, 3.63) is 80.7 Å². The van der Waals surface area contributed by atoms with E-state index >= 15 is 0 Å². The van der Waals surface area contributed by atoms with Crippen LogP contribution in [0.4, 0.5) is 5.69 Å². The SMILES string of the molecule is COc1ccc(C(=O)Cn2cnc3sc(C(=O)Nc4ccccc4C)c(C)c3c2=O)c(OC)c1. The summed E-state index contributed by atoms with van der Waals surface area (Å²) in [6.07, 6.45) is 1.33. The Hall–Kier alpha value is -3.98.